The minimum absolute atomic E-state index is 0.750. The minimum Gasteiger partial charge on any atom is -0.297 e. The molecule has 0 unspecified atom stereocenters. The summed E-state index contributed by atoms with van der Waals surface area (Å²) in [4.78, 5) is 11.5. The predicted octanol–water partition coefficient (Wildman–Crippen LogP) is 3.41. The van der Waals surface area contributed by atoms with Crippen molar-refractivity contribution >= 4 is 28.5 Å². The van der Waals surface area contributed by atoms with Gasteiger partial charge in [-0.3, -0.25) is 9.89 Å². The molecule has 2 aromatic heterocycles. The van der Waals surface area contributed by atoms with Crippen LogP contribution in [0.4, 0.5) is 0 Å². The summed E-state index contributed by atoms with van der Waals surface area (Å²) in [5, 5.41) is 10.1. The Morgan fingerprint density at radius 1 is 1.41 bits per heavy atom. The summed E-state index contributed by atoms with van der Waals surface area (Å²) >= 11 is 1.47. The maximum absolute atomic E-state index is 10.7. The molecule has 3 rings (SSSR count). The number of carbonyl (C=O) groups is 1. The van der Waals surface area contributed by atoms with Crippen molar-refractivity contribution in [3.63, 3.8) is 0 Å². The van der Waals surface area contributed by atoms with Crippen LogP contribution in [0.25, 0.3) is 22.0 Å². The molecule has 0 fully saturated rings. The van der Waals surface area contributed by atoms with E-state index in [1.165, 1.54) is 16.9 Å². The molecule has 0 bridgehead atoms. The summed E-state index contributed by atoms with van der Waals surface area (Å²) in [6.45, 7) is 2.07. The number of aromatic nitrogens is 2. The Hall–Kier alpha value is -1.94. The summed E-state index contributed by atoms with van der Waals surface area (Å²) in [6.07, 6.45) is 2.72. The number of hydrogen-bond donors (Lipinski definition) is 1. The number of fused-ring (bicyclic) bond motifs is 1. The maximum Gasteiger partial charge on any atom is 0.160 e. The van der Waals surface area contributed by atoms with Gasteiger partial charge in [0.2, 0.25) is 0 Å². The van der Waals surface area contributed by atoms with Crippen LogP contribution >= 0.6 is 11.3 Å². The van der Waals surface area contributed by atoms with E-state index in [0.717, 1.165) is 33.2 Å². The number of aldehydes is 1. The van der Waals surface area contributed by atoms with Gasteiger partial charge >= 0.3 is 0 Å². The van der Waals surface area contributed by atoms with Crippen LogP contribution < -0.4 is 0 Å². The molecule has 0 radical (unpaired) electrons. The second kappa shape index (κ2) is 3.82. The molecule has 0 atom stereocenters. The number of nitrogens with one attached hydrogen (secondary N) is 1. The Morgan fingerprint density at radius 3 is 3.06 bits per heavy atom. The maximum atomic E-state index is 10.7. The van der Waals surface area contributed by atoms with Gasteiger partial charge in [0.25, 0.3) is 0 Å². The Bertz CT molecular complexity index is 696. The van der Waals surface area contributed by atoms with Gasteiger partial charge in [-0.1, -0.05) is 6.07 Å². The van der Waals surface area contributed by atoms with Gasteiger partial charge < -0.3 is 0 Å². The largest absolute Gasteiger partial charge is 0.297 e. The van der Waals surface area contributed by atoms with Crippen molar-refractivity contribution in [1.29, 1.82) is 0 Å². The number of aryl methyl sites for hydroxylation is 1. The molecule has 0 aliphatic carbocycles. The number of nitrogens with zero attached hydrogens (tertiary/aromatic N) is 1. The smallest absolute Gasteiger partial charge is 0.160 e. The van der Waals surface area contributed by atoms with E-state index in [-0.39, 0.29) is 0 Å². The van der Waals surface area contributed by atoms with Gasteiger partial charge in [-0.25, -0.2) is 0 Å². The van der Waals surface area contributed by atoms with Crippen molar-refractivity contribution in [2.75, 3.05) is 0 Å². The minimum atomic E-state index is 0.750. The molecule has 3 nitrogen and oxygen atoms in total. The first-order valence-electron chi connectivity index (χ1n) is 5.26. The second-order valence-corrected chi connectivity index (χ2v) is 4.89. The van der Waals surface area contributed by atoms with Gasteiger partial charge in [0.1, 0.15) is 0 Å². The average Bonchev–Trinajstić information content (AvgIpc) is 2.96. The Kier molecular flexibility index (Phi) is 2.30. The zero-order chi connectivity index (χ0) is 11.8. The molecule has 4 heteroatoms. The zero-order valence-electron chi connectivity index (χ0n) is 9.23. The number of carbonyl (C=O) groups excluding carboxylic acids is 1. The van der Waals surface area contributed by atoms with E-state index >= 15 is 0 Å². The van der Waals surface area contributed by atoms with Crippen LogP contribution in [-0.2, 0) is 0 Å². The van der Waals surface area contributed by atoms with E-state index in [0.29, 0.717) is 0 Å². The number of rotatable bonds is 2. The first-order valence-corrected chi connectivity index (χ1v) is 6.14. The van der Waals surface area contributed by atoms with Crippen molar-refractivity contribution in [1.82, 2.24) is 10.2 Å². The quantitative estimate of drug-likeness (QED) is 0.700. The normalized spacial score (nSPS) is 10.9. The van der Waals surface area contributed by atoms with Crippen molar-refractivity contribution < 1.29 is 4.79 Å². The third kappa shape index (κ3) is 1.57. The molecule has 17 heavy (non-hydrogen) atoms. The highest BCUT2D eigenvalue weighted by atomic mass is 32.1. The van der Waals surface area contributed by atoms with E-state index < -0.39 is 0 Å². The number of benzene rings is 1. The topological polar surface area (TPSA) is 45.8 Å². The lowest BCUT2D eigenvalue weighted by molar-refractivity contribution is 0.112. The van der Waals surface area contributed by atoms with Gasteiger partial charge in [-0.05, 0) is 41.1 Å². The molecule has 0 aliphatic heterocycles. The van der Waals surface area contributed by atoms with Crippen molar-refractivity contribution in [2.45, 2.75) is 6.92 Å². The summed E-state index contributed by atoms with van der Waals surface area (Å²) in [5.41, 5.74) is 4.45. The van der Waals surface area contributed by atoms with E-state index in [1.54, 1.807) is 0 Å². The molecule has 0 aliphatic rings. The highest BCUT2D eigenvalue weighted by molar-refractivity contribution is 7.12. The third-order valence-electron chi connectivity index (χ3n) is 2.86. The van der Waals surface area contributed by atoms with E-state index in [1.807, 2.05) is 23.7 Å². The first-order chi connectivity index (χ1) is 8.29. The van der Waals surface area contributed by atoms with Crippen LogP contribution in [-0.4, -0.2) is 16.5 Å². The molecule has 2 heterocycles. The number of aromatic amines is 1. The predicted molar refractivity (Wildman–Crippen MR) is 69.5 cm³/mol. The van der Waals surface area contributed by atoms with Crippen LogP contribution in [0, 0.1) is 6.92 Å². The third-order valence-corrected chi connectivity index (χ3v) is 3.72. The van der Waals surface area contributed by atoms with E-state index in [4.69, 9.17) is 0 Å². The van der Waals surface area contributed by atoms with E-state index in [2.05, 4.69) is 23.2 Å². The Balaban J connectivity index is 2.31. The van der Waals surface area contributed by atoms with Gasteiger partial charge in [-0.15, -0.1) is 11.3 Å². The molecular formula is C13H10N2OS. The lowest BCUT2D eigenvalue weighted by Crippen LogP contribution is -1.82. The molecule has 0 saturated heterocycles. The Morgan fingerprint density at radius 2 is 2.29 bits per heavy atom. The molecule has 1 N–H and O–H groups in total. The van der Waals surface area contributed by atoms with Crippen LogP contribution in [0.5, 0.6) is 0 Å². The summed E-state index contributed by atoms with van der Waals surface area (Å²) < 4.78 is 0. The van der Waals surface area contributed by atoms with Crippen LogP contribution in [0.1, 0.15) is 15.2 Å². The number of hydrogen-bond acceptors (Lipinski definition) is 3. The van der Waals surface area contributed by atoms with Crippen molar-refractivity contribution in [3.05, 3.63) is 40.2 Å². The van der Waals surface area contributed by atoms with Gasteiger partial charge in [-0.2, -0.15) is 5.10 Å². The van der Waals surface area contributed by atoms with Gasteiger partial charge in [0.05, 0.1) is 16.6 Å². The summed E-state index contributed by atoms with van der Waals surface area (Å²) in [5.74, 6) is 0. The number of thiophene rings is 1. The van der Waals surface area contributed by atoms with E-state index in [9.17, 15) is 4.79 Å². The Labute approximate surface area is 102 Å². The fraction of sp³-hybridized carbons (Fsp3) is 0.0769. The monoisotopic (exact) mass is 242 g/mol. The summed E-state index contributed by atoms with van der Waals surface area (Å²) in [7, 11) is 0. The van der Waals surface area contributed by atoms with Crippen molar-refractivity contribution in [3.8, 4) is 11.1 Å². The van der Waals surface area contributed by atoms with Gasteiger partial charge in [0.15, 0.2) is 6.29 Å². The van der Waals surface area contributed by atoms with Crippen LogP contribution in [0.15, 0.2) is 29.8 Å². The summed E-state index contributed by atoms with van der Waals surface area (Å²) in [6, 6.07) is 6.01. The van der Waals surface area contributed by atoms with Crippen LogP contribution in [0.2, 0.25) is 0 Å². The SMILES string of the molecule is Cc1ccc2[nH]ncc2c1-c1csc(C=O)c1. The fourth-order valence-electron chi connectivity index (χ4n) is 2.06. The molecular weight excluding hydrogens is 232 g/mol. The molecule has 1 aromatic carbocycles. The van der Waals surface area contributed by atoms with Gasteiger partial charge in [0, 0.05) is 5.39 Å². The molecule has 0 spiro atoms. The molecule has 0 saturated carbocycles. The highest BCUT2D eigenvalue weighted by Crippen LogP contribution is 2.33. The van der Waals surface area contributed by atoms with Crippen LogP contribution in [0.3, 0.4) is 0 Å². The zero-order valence-corrected chi connectivity index (χ0v) is 10.0. The first kappa shape index (κ1) is 10.2. The molecule has 3 aromatic rings. The average molecular weight is 242 g/mol. The molecule has 0 amide bonds. The molecule has 84 valence electrons. The highest BCUT2D eigenvalue weighted by Gasteiger charge is 2.10. The standard InChI is InChI=1S/C13H10N2OS/c1-8-2-3-12-11(5-14-15-12)13(8)9-4-10(6-16)17-7-9/h2-7H,1H3,(H,14,15). The second-order valence-electron chi connectivity index (χ2n) is 3.94. The number of H-pyrrole nitrogens is 1. The van der Waals surface area contributed by atoms with Crippen molar-refractivity contribution in [2.24, 2.45) is 0 Å². The lowest BCUT2D eigenvalue weighted by atomic mass is 9.99. The lowest BCUT2D eigenvalue weighted by Gasteiger charge is -2.04. The fourth-order valence-corrected chi connectivity index (χ4v) is 2.75.